The molecular formula is C22H23ClFN3O2. The standard InChI is InChI=1S/C22H23ClFN3O2/c1-12-8-14(9-12)27-13(2)16(10-25-27)22-17(11-28-15-6-7-15)21(26-29-22)20-18(23)4-3-5-19(20)24/h3-5,10,12,14-15H,6-9,11H2,1-2H3/t12-,14+. The van der Waals surface area contributed by atoms with Gasteiger partial charge in [-0.2, -0.15) is 5.10 Å². The Balaban J connectivity index is 1.57. The highest BCUT2D eigenvalue weighted by molar-refractivity contribution is 6.33. The number of nitrogens with zero attached hydrogens (tertiary/aromatic N) is 3. The van der Waals surface area contributed by atoms with Crippen LogP contribution in [0.3, 0.4) is 0 Å². The van der Waals surface area contributed by atoms with Crippen LogP contribution in [-0.2, 0) is 11.3 Å². The van der Waals surface area contributed by atoms with Gasteiger partial charge in [-0.3, -0.25) is 4.68 Å². The lowest BCUT2D eigenvalue weighted by molar-refractivity contribution is 0.106. The summed E-state index contributed by atoms with van der Waals surface area (Å²) in [5.41, 5.74) is 3.25. The first-order valence-corrected chi connectivity index (χ1v) is 10.5. The van der Waals surface area contributed by atoms with Crippen LogP contribution in [0, 0.1) is 18.7 Å². The van der Waals surface area contributed by atoms with E-state index in [1.807, 2.05) is 13.1 Å². The first kappa shape index (κ1) is 18.8. The molecule has 29 heavy (non-hydrogen) atoms. The highest BCUT2D eigenvalue weighted by Crippen LogP contribution is 2.42. The molecule has 0 amide bonds. The molecule has 2 aliphatic rings. The Morgan fingerprint density at radius 1 is 1.31 bits per heavy atom. The Labute approximate surface area is 173 Å². The molecule has 0 N–H and O–H groups in total. The third-order valence-electron chi connectivity index (χ3n) is 5.96. The van der Waals surface area contributed by atoms with Gasteiger partial charge in [-0.25, -0.2) is 4.39 Å². The van der Waals surface area contributed by atoms with E-state index in [2.05, 4.69) is 21.9 Å². The fourth-order valence-electron chi connectivity index (χ4n) is 4.09. The molecule has 0 spiro atoms. The van der Waals surface area contributed by atoms with Gasteiger partial charge in [-0.15, -0.1) is 0 Å². The summed E-state index contributed by atoms with van der Waals surface area (Å²) < 4.78 is 28.3. The fourth-order valence-corrected chi connectivity index (χ4v) is 4.34. The van der Waals surface area contributed by atoms with Crippen LogP contribution in [0.2, 0.25) is 5.02 Å². The van der Waals surface area contributed by atoms with Crippen molar-refractivity contribution < 1.29 is 13.7 Å². The first-order chi connectivity index (χ1) is 14.0. The summed E-state index contributed by atoms with van der Waals surface area (Å²) in [6.45, 7) is 4.59. The van der Waals surface area contributed by atoms with Gasteiger partial charge in [0.1, 0.15) is 11.5 Å². The second kappa shape index (κ2) is 7.26. The molecule has 2 heterocycles. The van der Waals surface area contributed by atoms with E-state index in [-0.39, 0.29) is 11.7 Å². The van der Waals surface area contributed by atoms with E-state index in [1.165, 1.54) is 6.07 Å². The van der Waals surface area contributed by atoms with Crippen molar-refractivity contribution in [1.82, 2.24) is 14.9 Å². The zero-order valence-corrected chi connectivity index (χ0v) is 17.2. The third-order valence-corrected chi connectivity index (χ3v) is 6.27. The molecule has 0 bridgehead atoms. The molecule has 2 aliphatic carbocycles. The summed E-state index contributed by atoms with van der Waals surface area (Å²) in [6.07, 6.45) is 6.42. The lowest BCUT2D eigenvalue weighted by atomic mass is 9.82. The SMILES string of the molecule is Cc1c(-c2onc(-c3c(F)cccc3Cl)c2COC2CC2)cnn1[C@H]1C[C@@H](C)C1. The van der Waals surface area contributed by atoms with Crippen molar-refractivity contribution in [2.75, 3.05) is 0 Å². The van der Waals surface area contributed by atoms with E-state index >= 15 is 0 Å². The molecule has 152 valence electrons. The quantitative estimate of drug-likeness (QED) is 0.498. The van der Waals surface area contributed by atoms with E-state index in [4.69, 9.17) is 20.9 Å². The van der Waals surface area contributed by atoms with Crippen LogP contribution in [-0.4, -0.2) is 21.0 Å². The van der Waals surface area contributed by atoms with Gasteiger partial charge < -0.3 is 9.26 Å². The van der Waals surface area contributed by atoms with Crippen molar-refractivity contribution >= 4 is 11.6 Å². The first-order valence-electron chi connectivity index (χ1n) is 10.1. The summed E-state index contributed by atoms with van der Waals surface area (Å²) in [7, 11) is 0. The second-order valence-electron chi connectivity index (χ2n) is 8.26. The summed E-state index contributed by atoms with van der Waals surface area (Å²) >= 11 is 6.30. The monoisotopic (exact) mass is 415 g/mol. The Morgan fingerprint density at radius 2 is 2.10 bits per heavy atom. The van der Waals surface area contributed by atoms with E-state index in [0.29, 0.717) is 34.7 Å². The molecule has 5 rings (SSSR count). The summed E-state index contributed by atoms with van der Waals surface area (Å²) in [5, 5.41) is 9.11. The Bertz CT molecular complexity index is 1030. The smallest absolute Gasteiger partial charge is 0.176 e. The molecule has 0 unspecified atom stereocenters. The molecular weight excluding hydrogens is 393 g/mol. The van der Waals surface area contributed by atoms with Gasteiger partial charge in [0.2, 0.25) is 0 Å². The van der Waals surface area contributed by atoms with Crippen molar-refractivity contribution in [3.63, 3.8) is 0 Å². The van der Waals surface area contributed by atoms with Crippen molar-refractivity contribution in [1.29, 1.82) is 0 Å². The average Bonchev–Trinajstić information content (AvgIpc) is 3.30. The minimum absolute atomic E-state index is 0.247. The van der Waals surface area contributed by atoms with Gasteiger partial charge in [-0.1, -0.05) is 29.7 Å². The van der Waals surface area contributed by atoms with E-state index < -0.39 is 5.82 Å². The van der Waals surface area contributed by atoms with Gasteiger partial charge in [0.15, 0.2) is 5.76 Å². The largest absolute Gasteiger partial charge is 0.373 e. The van der Waals surface area contributed by atoms with Crippen LogP contribution >= 0.6 is 11.6 Å². The molecule has 0 atom stereocenters. The Kier molecular flexibility index (Phi) is 4.71. The molecule has 1 aromatic carbocycles. The molecule has 5 nitrogen and oxygen atoms in total. The fraction of sp³-hybridized carbons (Fsp3) is 0.455. The minimum Gasteiger partial charge on any atom is -0.373 e. The summed E-state index contributed by atoms with van der Waals surface area (Å²) in [4.78, 5) is 0. The predicted molar refractivity (Wildman–Crippen MR) is 108 cm³/mol. The van der Waals surface area contributed by atoms with Gasteiger partial charge in [0.05, 0.1) is 46.7 Å². The molecule has 2 fully saturated rings. The Morgan fingerprint density at radius 3 is 2.79 bits per heavy atom. The molecule has 7 heteroatoms. The van der Waals surface area contributed by atoms with Crippen LogP contribution < -0.4 is 0 Å². The van der Waals surface area contributed by atoms with Crippen LogP contribution in [0.4, 0.5) is 4.39 Å². The minimum atomic E-state index is -0.430. The predicted octanol–water partition coefficient (Wildman–Crippen LogP) is 5.96. The lowest BCUT2D eigenvalue weighted by Crippen LogP contribution is -2.26. The van der Waals surface area contributed by atoms with E-state index in [9.17, 15) is 4.39 Å². The zero-order valence-electron chi connectivity index (χ0n) is 16.5. The maximum absolute atomic E-state index is 14.6. The molecule has 0 radical (unpaired) electrons. The normalized spacial score (nSPS) is 21.4. The lowest BCUT2D eigenvalue weighted by Gasteiger charge is -2.33. The van der Waals surface area contributed by atoms with Gasteiger partial charge in [0.25, 0.3) is 0 Å². The number of benzene rings is 1. The number of aromatic nitrogens is 3. The third kappa shape index (κ3) is 3.38. The molecule has 0 saturated heterocycles. The number of halogens is 2. The number of hydrogen-bond donors (Lipinski definition) is 0. The number of ether oxygens (including phenoxy) is 1. The Hall–Kier alpha value is -2.18. The highest BCUT2D eigenvalue weighted by Gasteiger charge is 2.32. The number of hydrogen-bond acceptors (Lipinski definition) is 4. The van der Waals surface area contributed by atoms with E-state index in [0.717, 1.165) is 42.9 Å². The van der Waals surface area contributed by atoms with Gasteiger partial charge in [0, 0.05) is 5.69 Å². The molecule has 0 aliphatic heterocycles. The zero-order chi connectivity index (χ0) is 20.1. The summed E-state index contributed by atoms with van der Waals surface area (Å²) in [5.74, 6) is 0.881. The topological polar surface area (TPSA) is 53.1 Å². The van der Waals surface area contributed by atoms with E-state index in [1.54, 1.807) is 12.1 Å². The maximum Gasteiger partial charge on any atom is 0.176 e. The van der Waals surface area contributed by atoms with Crippen molar-refractivity contribution in [3.8, 4) is 22.6 Å². The second-order valence-corrected chi connectivity index (χ2v) is 8.67. The average molecular weight is 416 g/mol. The summed E-state index contributed by atoms with van der Waals surface area (Å²) in [6, 6.07) is 5.03. The van der Waals surface area contributed by atoms with Crippen molar-refractivity contribution in [2.24, 2.45) is 5.92 Å². The van der Waals surface area contributed by atoms with Crippen LogP contribution in [0.1, 0.15) is 49.9 Å². The molecule has 2 aromatic heterocycles. The molecule has 3 aromatic rings. The van der Waals surface area contributed by atoms with Crippen LogP contribution in [0.5, 0.6) is 0 Å². The molecule has 2 saturated carbocycles. The number of rotatable bonds is 6. The highest BCUT2D eigenvalue weighted by atomic mass is 35.5. The van der Waals surface area contributed by atoms with Crippen molar-refractivity contribution in [3.05, 3.63) is 46.5 Å². The van der Waals surface area contributed by atoms with Crippen molar-refractivity contribution in [2.45, 2.75) is 58.3 Å². The van der Waals surface area contributed by atoms with Gasteiger partial charge >= 0.3 is 0 Å². The van der Waals surface area contributed by atoms with Crippen LogP contribution in [0.25, 0.3) is 22.6 Å². The maximum atomic E-state index is 14.6. The van der Waals surface area contributed by atoms with Gasteiger partial charge in [-0.05, 0) is 50.7 Å². The van der Waals surface area contributed by atoms with Crippen LogP contribution in [0.15, 0.2) is 28.9 Å².